The van der Waals surface area contributed by atoms with Crippen molar-refractivity contribution in [1.29, 1.82) is 0 Å². The van der Waals surface area contributed by atoms with Gasteiger partial charge in [-0.3, -0.25) is 14.4 Å². The maximum atomic E-state index is 12.7. The lowest BCUT2D eigenvalue weighted by molar-refractivity contribution is -0.141. The van der Waals surface area contributed by atoms with Gasteiger partial charge in [0, 0.05) is 13.0 Å². The van der Waals surface area contributed by atoms with Gasteiger partial charge in [0.05, 0.1) is 0 Å². The highest BCUT2D eigenvalue weighted by atomic mass is 16.2. The summed E-state index contributed by atoms with van der Waals surface area (Å²) in [5, 5.41) is 2.80. The van der Waals surface area contributed by atoms with Gasteiger partial charge >= 0.3 is 0 Å². The number of likely N-dealkylation sites (tertiary alicyclic amines) is 1. The number of nitrogens with two attached hydrogens (primary N) is 1. The molecule has 0 bridgehead atoms. The Bertz CT molecular complexity index is 465. The van der Waals surface area contributed by atoms with Gasteiger partial charge in [-0.2, -0.15) is 0 Å². The van der Waals surface area contributed by atoms with E-state index in [0.717, 1.165) is 32.1 Å². The maximum Gasteiger partial charge on any atom is 0.245 e. The molecule has 3 amide bonds. The second-order valence-corrected chi connectivity index (χ2v) is 6.56. The summed E-state index contributed by atoms with van der Waals surface area (Å²) < 4.78 is 0. The highest BCUT2D eigenvalue weighted by molar-refractivity contribution is 5.92. The molecule has 3 fully saturated rings. The van der Waals surface area contributed by atoms with Crippen LogP contribution in [-0.2, 0) is 14.4 Å². The minimum absolute atomic E-state index is 0.0686. The topological polar surface area (TPSA) is 92.5 Å². The number of nitrogens with one attached hydrogen (secondary N) is 1. The number of primary amides is 1. The van der Waals surface area contributed by atoms with Gasteiger partial charge in [-0.15, -0.1) is 0 Å². The summed E-state index contributed by atoms with van der Waals surface area (Å²) in [4.78, 5) is 37.9. The Balaban J connectivity index is 1.76. The van der Waals surface area contributed by atoms with E-state index in [0.29, 0.717) is 25.3 Å². The lowest BCUT2D eigenvalue weighted by Gasteiger charge is -2.29. The van der Waals surface area contributed by atoms with Crippen LogP contribution in [0.4, 0.5) is 0 Å². The predicted octanol–water partition coefficient (Wildman–Crippen LogP) is 0.158. The average molecular weight is 293 g/mol. The van der Waals surface area contributed by atoms with Crippen LogP contribution in [0.15, 0.2) is 0 Å². The molecule has 2 heterocycles. The Morgan fingerprint density at radius 1 is 1.14 bits per heavy atom. The van der Waals surface area contributed by atoms with Crippen LogP contribution < -0.4 is 11.1 Å². The number of amides is 3. The minimum atomic E-state index is -0.485. The molecule has 116 valence electrons. The smallest absolute Gasteiger partial charge is 0.245 e. The summed E-state index contributed by atoms with van der Waals surface area (Å²) in [5.41, 5.74) is 5.55. The van der Waals surface area contributed by atoms with E-state index in [9.17, 15) is 14.4 Å². The number of fused-ring (bicyclic) bond motifs is 1. The summed E-state index contributed by atoms with van der Waals surface area (Å²) in [6.45, 7) is 0.615. The largest absolute Gasteiger partial charge is 0.368 e. The minimum Gasteiger partial charge on any atom is -0.368 e. The lowest BCUT2D eigenvalue weighted by Crippen LogP contribution is -2.53. The first-order valence-electron chi connectivity index (χ1n) is 7.97. The molecule has 0 aromatic heterocycles. The Morgan fingerprint density at radius 2 is 1.95 bits per heavy atom. The van der Waals surface area contributed by atoms with E-state index in [1.54, 1.807) is 4.90 Å². The number of nitrogens with zero attached hydrogens (tertiary/aromatic N) is 1. The molecule has 6 nitrogen and oxygen atoms in total. The molecular formula is C15H23N3O3. The molecule has 0 aromatic rings. The van der Waals surface area contributed by atoms with Gasteiger partial charge in [0.25, 0.3) is 0 Å². The van der Waals surface area contributed by atoms with Crippen molar-refractivity contribution in [1.82, 2.24) is 10.2 Å². The number of hydrogen-bond donors (Lipinski definition) is 2. The standard InChI is InChI=1S/C15H23N3O3/c16-14(20)13-10-5-3-4-9(10)8-18(13)15(21)11-6-1-2-7-12(19)17-11/h9-11,13H,1-8H2,(H2,16,20)(H,17,19)/t9-,10+,11+,13-/m0/s1. The summed E-state index contributed by atoms with van der Waals surface area (Å²) in [6, 6.07) is -0.967. The number of carbonyl (C=O) groups is 3. The first-order valence-corrected chi connectivity index (χ1v) is 7.97. The fourth-order valence-corrected chi connectivity index (χ4v) is 4.25. The summed E-state index contributed by atoms with van der Waals surface area (Å²) in [7, 11) is 0. The van der Waals surface area contributed by atoms with Crippen molar-refractivity contribution in [2.45, 2.75) is 57.0 Å². The maximum absolute atomic E-state index is 12.7. The fourth-order valence-electron chi connectivity index (χ4n) is 4.25. The summed E-state index contributed by atoms with van der Waals surface area (Å²) in [6.07, 6.45) is 5.96. The van der Waals surface area contributed by atoms with Crippen LogP contribution in [0.3, 0.4) is 0 Å². The third-order valence-electron chi connectivity index (χ3n) is 5.24. The number of hydrogen-bond acceptors (Lipinski definition) is 3. The molecular weight excluding hydrogens is 270 g/mol. The second-order valence-electron chi connectivity index (χ2n) is 6.56. The van der Waals surface area contributed by atoms with Gasteiger partial charge in [-0.25, -0.2) is 0 Å². The van der Waals surface area contributed by atoms with Crippen molar-refractivity contribution in [2.24, 2.45) is 17.6 Å². The molecule has 3 aliphatic rings. The van der Waals surface area contributed by atoms with Gasteiger partial charge in [0.2, 0.25) is 17.7 Å². The van der Waals surface area contributed by atoms with E-state index in [1.807, 2.05) is 0 Å². The molecule has 4 atom stereocenters. The third-order valence-corrected chi connectivity index (χ3v) is 5.24. The Labute approximate surface area is 124 Å². The Hall–Kier alpha value is -1.59. The Kier molecular flexibility index (Phi) is 3.87. The fraction of sp³-hybridized carbons (Fsp3) is 0.800. The number of rotatable bonds is 2. The van der Waals surface area contributed by atoms with E-state index in [4.69, 9.17) is 5.73 Å². The van der Waals surface area contributed by atoms with Crippen LogP contribution in [0.5, 0.6) is 0 Å². The predicted molar refractivity (Wildman–Crippen MR) is 75.9 cm³/mol. The highest BCUT2D eigenvalue weighted by Crippen LogP contribution is 2.42. The van der Waals surface area contributed by atoms with Gasteiger partial charge in [0.1, 0.15) is 12.1 Å². The molecule has 2 aliphatic heterocycles. The van der Waals surface area contributed by atoms with E-state index < -0.39 is 18.0 Å². The first kappa shape index (κ1) is 14.4. The lowest BCUT2D eigenvalue weighted by atomic mass is 9.93. The highest BCUT2D eigenvalue weighted by Gasteiger charge is 2.49. The van der Waals surface area contributed by atoms with Crippen molar-refractivity contribution < 1.29 is 14.4 Å². The van der Waals surface area contributed by atoms with Crippen molar-refractivity contribution in [3.63, 3.8) is 0 Å². The zero-order valence-electron chi connectivity index (χ0n) is 12.2. The van der Waals surface area contributed by atoms with Gasteiger partial charge in [-0.1, -0.05) is 12.8 Å². The molecule has 0 radical (unpaired) electrons. The van der Waals surface area contributed by atoms with Crippen LogP contribution in [0.2, 0.25) is 0 Å². The third kappa shape index (κ3) is 2.63. The molecule has 0 spiro atoms. The van der Waals surface area contributed by atoms with E-state index in [-0.39, 0.29) is 17.7 Å². The van der Waals surface area contributed by atoms with Crippen LogP contribution in [0.1, 0.15) is 44.9 Å². The molecule has 0 unspecified atom stereocenters. The first-order chi connectivity index (χ1) is 10.1. The van der Waals surface area contributed by atoms with Crippen molar-refractivity contribution in [2.75, 3.05) is 6.54 Å². The zero-order chi connectivity index (χ0) is 15.0. The van der Waals surface area contributed by atoms with Gasteiger partial charge in [0.15, 0.2) is 0 Å². The van der Waals surface area contributed by atoms with E-state index >= 15 is 0 Å². The van der Waals surface area contributed by atoms with E-state index in [2.05, 4.69) is 5.32 Å². The van der Waals surface area contributed by atoms with Crippen LogP contribution >= 0.6 is 0 Å². The van der Waals surface area contributed by atoms with E-state index in [1.165, 1.54) is 0 Å². The molecule has 2 saturated heterocycles. The van der Waals surface area contributed by atoms with Crippen LogP contribution in [-0.4, -0.2) is 41.2 Å². The van der Waals surface area contributed by atoms with Gasteiger partial charge in [-0.05, 0) is 37.5 Å². The Morgan fingerprint density at radius 3 is 2.71 bits per heavy atom. The van der Waals surface area contributed by atoms with Crippen molar-refractivity contribution in [3.8, 4) is 0 Å². The summed E-state index contributed by atoms with van der Waals surface area (Å²) >= 11 is 0. The van der Waals surface area contributed by atoms with Crippen molar-refractivity contribution in [3.05, 3.63) is 0 Å². The quantitative estimate of drug-likeness (QED) is 0.759. The second kappa shape index (κ2) is 5.66. The molecule has 1 saturated carbocycles. The van der Waals surface area contributed by atoms with Gasteiger partial charge < -0.3 is 16.0 Å². The number of carbonyl (C=O) groups excluding carboxylic acids is 3. The average Bonchev–Trinajstić information content (AvgIpc) is 2.94. The normalized spacial score (nSPS) is 36.0. The monoisotopic (exact) mass is 293 g/mol. The molecule has 3 rings (SSSR count). The SMILES string of the molecule is NC(=O)[C@@H]1[C@@H]2CCC[C@H]2CN1C(=O)[C@H]1CCCCC(=O)N1. The van der Waals surface area contributed by atoms with Crippen molar-refractivity contribution >= 4 is 17.7 Å². The van der Waals surface area contributed by atoms with Crippen LogP contribution in [0.25, 0.3) is 0 Å². The molecule has 6 heteroatoms. The molecule has 21 heavy (non-hydrogen) atoms. The summed E-state index contributed by atoms with van der Waals surface area (Å²) in [5.74, 6) is 0.0165. The molecule has 3 N–H and O–H groups in total. The molecule has 0 aromatic carbocycles. The molecule has 1 aliphatic carbocycles. The zero-order valence-corrected chi connectivity index (χ0v) is 12.2. The van der Waals surface area contributed by atoms with Crippen LogP contribution in [0, 0.1) is 11.8 Å².